The summed E-state index contributed by atoms with van der Waals surface area (Å²) in [4.78, 5) is 0. The number of hydrogen-bond donors (Lipinski definition) is 0. The Hall–Kier alpha value is 0. The summed E-state index contributed by atoms with van der Waals surface area (Å²) < 4.78 is 0. The molecule has 0 amide bonds. The van der Waals surface area contributed by atoms with Gasteiger partial charge in [0, 0.05) is 0 Å². The van der Waals surface area contributed by atoms with Gasteiger partial charge in [-0.1, -0.05) is 137 Å². The van der Waals surface area contributed by atoms with Crippen LogP contribution in [-0.2, 0) is 0 Å². The Morgan fingerprint density at radius 3 is 1.13 bits per heavy atom. The minimum atomic E-state index is 0. The highest BCUT2D eigenvalue weighted by molar-refractivity contribution is 4.67. The van der Waals surface area contributed by atoms with E-state index in [1.54, 1.807) is 0 Å². The van der Waals surface area contributed by atoms with Crippen LogP contribution in [0.15, 0.2) is 0 Å². The van der Waals surface area contributed by atoms with E-state index >= 15 is 0 Å². The average Bonchev–Trinajstić information content (AvgIpc) is 2.44. The molecule has 0 saturated heterocycles. The Morgan fingerprint density at radius 2 is 1.00 bits per heavy atom. The fourth-order valence-corrected chi connectivity index (χ4v) is 1.80. The third-order valence-corrected chi connectivity index (χ3v) is 3.65. The van der Waals surface area contributed by atoms with E-state index in [9.17, 15) is 0 Å². The second-order valence-electron chi connectivity index (χ2n) is 6.56. The first-order valence-electron chi connectivity index (χ1n) is 8.87. The SMILES string of the molecule is C.C.C.C.CC.CC.CC(C)C1CCCCC1.CCC(C)(C)C. The lowest BCUT2D eigenvalue weighted by Crippen LogP contribution is -2.12. The lowest BCUT2D eigenvalue weighted by Gasteiger charge is -2.24. The van der Waals surface area contributed by atoms with E-state index in [2.05, 4.69) is 41.5 Å². The molecular weight excluding hydrogens is 276 g/mol. The monoisotopic (exact) mass is 336 g/mol. The van der Waals surface area contributed by atoms with Crippen LogP contribution in [0, 0.1) is 17.3 Å². The summed E-state index contributed by atoms with van der Waals surface area (Å²) in [5.74, 6) is 1.99. The summed E-state index contributed by atoms with van der Waals surface area (Å²) in [5.41, 5.74) is 0.542. The highest BCUT2D eigenvalue weighted by Crippen LogP contribution is 2.29. The van der Waals surface area contributed by atoms with Crippen molar-refractivity contribution >= 4 is 0 Å². The third kappa shape index (κ3) is 39.1. The molecule has 0 N–H and O–H groups in total. The zero-order valence-electron chi connectivity index (χ0n) is 15.9. The predicted octanol–water partition coefficient (Wildman–Crippen LogP) is 10.3. The van der Waals surface area contributed by atoms with Crippen molar-refractivity contribution in [2.24, 2.45) is 17.3 Å². The maximum atomic E-state index is 2.36. The van der Waals surface area contributed by atoms with Crippen LogP contribution < -0.4 is 0 Å². The van der Waals surface area contributed by atoms with Gasteiger partial charge in [-0.3, -0.25) is 0 Å². The fraction of sp³-hybridized carbons (Fsp3) is 1.00. The second kappa shape index (κ2) is 29.9. The van der Waals surface area contributed by atoms with Crippen molar-refractivity contribution in [2.75, 3.05) is 0 Å². The van der Waals surface area contributed by atoms with E-state index in [0.29, 0.717) is 5.41 Å². The summed E-state index contributed by atoms with van der Waals surface area (Å²) in [7, 11) is 0. The molecule has 0 heterocycles. The first-order valence-corrected chi connectivity index (χ1v) is 8.87. The molecule has 0 heteroatoms. The molecule has 0 atom stereocenters. The van der Waals surface area contributed by atoms with E-state index in [4.69, 9.17) is 0 Å². The van der Waals surface area contributed by atoms with Crippen LogP contribution in [0.5, 0.6) is 0 Å². The molecule has 23 heavy (non-hydrogen) atoms. The van der Waals surface area contributed by atoms with Crippen LogP contribution in [-0.4, -0.2) is 0 Å². The third-order valence-electron chi connectivity index (χ3n) is 3.65. The smallest absolute Gasteiger partial charge is 0.0385 e. The van der Waals surface area contributed by atoms with Gasteiger partial charge in [0.1, 0.15) is 0 Å². The number of hydrogen-bond acceptors (Lipinski definition) is 0. The van der Waals surface area contributed by atoms with Gasteiger partial charge >= 0.3 is 0 Å². The van der Waals surface area contributed by atoms with E-state index in [1.807, 2.05) is 27.7 Å². The first-order chi connectivity index (χ1) is 8.87. The Kier molecular flexibility index (Phi) is 56.6. The zero-order valence-corrected chi connectivity index (χ0v) is 15.9. The van der Waals surface area contributed by atoms with Crippen LogP contribution in [0.2, 0.25) is 0 Å². The topological polar surface area (TPSA) is 0 Å². The molecule has 1 saturated carbocycles. The molecule has 0 unspecified atom stereocenters. The van der Waals surface area contributed by atoms with Crippen molar-refractivity contribution in [1.82, 2.24) is 0 Å². The van der Waals surface area contributed by atoms with Crippen LogP contribution in [0.1, 0.15) is 137 Å². The molecule has 1 fully saturated rings. The molecule has 1 aliphatic rings. The molecule has 0 aromatic rings. The minimum absolute atomic E-state index is 0. The fourth-order valence-electron chi connectivity index (χ4n) is 1.80. The van der Waals surface area contributed by atoms with Crippen molar-refractivity contribution in [2.45, 2.75) is 137 Å². The van der Waals surface area contributed by atoms with Crippen LogP contribution >= 0.6 is 0 Å². The van der Waals surface area contributed by atoms with E-state index < -0.39 is 0 Å². The van der Waals surface area contributed by atoms with Gasteiger partial charge in [0.25, 0.3) is 0 Å². The van der Waals surface area contributed by atoms with Crippen LogP contribution in [0.4, 0.5) is 0 Å². The maximum Gasteiger partial charge on any atom is -0.0385 e. The Bertz CT molecular complexity index is 133. The predicted molar refractivity (Wildman–Crippen MR) is 121 cm³/mol. The highest BCUT2D eigenvalue weighted by Gasteiger charge is 2.15. The molecule has 0 aliphatic heterocycles. The van der Waals surface area contributed by atoms with E-state index in [-0.39, 0.29) is 29.7 Å². The average molecular weight is 337 g/mol. The van der Waals surface area contributed by atoms with Gasteiger partial charge in [0.2, 0.25) is 0 Å². The quantitative estimate of drug-likeness (QED) is 0.446. The van der Waals surface area contributed by atoms with Crippen molar-refractivity contribution in [1.29, 1.82) is 0 Å². The van der Waals surface area contributed by atoms with Gasteiger partial charge < -0.3 is 0 Å². The lowest BCUT2D eigenvalue weighted by atomic mass is 9.82. The molecule has 152 valence electrons. The summed E-state index contributed by atoms with van der Waals surface area (Å²) in [6.07, 6.45) is 8.73. The van der Waals surface area contributed by atoms with Gasteiger partial charge in [-0.25, -0.2) is 0 Å². The largest absolute Gasteiger partial charge is 0.0776 e. The highest BCUT2D eigenvalue weighted by atomic mass is 14.2. The Labute approximate surface area is 155 Å². The summed E-state index contributed by atoms with van der Waals surface area (Å²) >= 11 is 0. The molecule has 0 aromatic heterocycles. The Morgan fingerprint density at radius 1 is 0.739 bits per heavy atom. The molecule has 0 nitrogen and oxygen atoms in total. The zero-order chi connectivity index (χ0) is 15.9. The van der Waals surface area contributed by atoms with Crippen LogP contribution in [0.3, 0.4) is 0 Å². The molecule has 1 aliphatic carbocycles. The Balaban J connectivity index is -0.0000000330. The molecule has 0 spiro atoms. The van der Waals surface area contributed by atoms with Gasteiger partial charge in [-0.05, 0) is 17.3 Å². The maximum absolute atomic E-state index is 2.36. The van der Waals surface area contributed by atoms with E-state index in [1.165, 1.54) is 38.5 Å². The molecule has 0 aromatic carbocycles. The second-order valence-corrected chi connectivity index (χ2v) is 6.56. The summed E-state index contributed by atoms with van der Waals surface area (Å²) in [6.45, 7) is 21.7. The summed E-state index contributed by atoms with van der Waals surface area (Å²) in [5, 5.41) is 0. The van der Waals surface area contributed by atoms with E-state index in [0.717, 1.165) is 11.8 Å². The molecule has 0 radical (unpaired) electrons. The van der Waals surface area contributed by atoms with Gasteiger partial charge in [-0.2, -0.15) is 0 Å². The van der Waals surface area contributed by atoms with Crippen molar-refractivity contribution < 1.29 is 0 Å². The van der Waals surface area contributed by atoms with Gasteiger partial charge in [0.15, 0.2) is 0 Å². The molecule has 0 bridgehead atoms. The first kappa shape index (κ1) is 43.5. The van der Waals surface area contributed by atoms with Crippen molar-refractivity contribution in [3.05, 3.63) is 0 Å². The molecular formula is C23H60. The van der Waals surface area contributed by atoms with Gasteiger partial charge in [-0.15, -0.1) is 0 Å². The van der Waals surface area contributed by atoms with Crippen LogP contribution in [0.25, 0.3) is 0 Å². The van der Waals surface area contributed by atoms with Crippen molar-refractivity contribution in [3.8, 4) is 0 Å². The lowest BCUT2D eigenvalue weighted by molar-refractivity contribution is 0.279. The number of rotatable bonds is 1. The van der Waals surface area contributed by atoms with Crippen molar-refractivity contribution in [3.63, 3.8) is 0 Å². The van der Waals surface area contributed by atoms with Gasteiger partial charge in [0.05, 0.1) is 0 Å². The molecule has 1 rings (SSSR count). The standard InChI is InChI=1S/C9H18.C6H14.2C2H6.4CH4/c1-8(2)9-6-4-3-5-7-9;1-5-6(2,3)4;2*1-2;;;;/h8-9H,3-7H2,1-2H3;5H2,1-4H3;2*1-2H3;4*1H4. The minimum Gasteiger partial charge on any atom is -0.0776 e. The summed E-state index contributed by atoms with van der Waals surface area (Å²) in [6, 6.07) is 0. The normalized spacial score (nSPS) is 12.7.